The molecule has 0 saturated heterocycles. The van der Waals surface area contributed by atoms with E-state index in [4.69, 9.17) is 9.84 Å². The van der Waals surface area contributed by atoms with Gasteiger partial charge in [-0.1, -0.05) is 0 Å². The Kier molecular flexibility index (Phi) is 3.18. The van der Waals surface area contributed by atoms with E-state index in [9.17, 15) is 9.59 Å². The number of nitrogens with zero attached hydrogens (tertiary/aromatic N) is 2. The summed E-state index contributed by atoms with van der Waals surface area (Å²) in [6.45, 7) is 1.83. The molecule has 2 aromatic rings. The van der Waals surface area contributed by atoms with Crippen LogP contribution in [0.2, 0.25) is 0 Å². The minimum atomic E-state index is -1.20. The van der Waals surface area contributed by atoms with E-state index in [-0.39, 0.29) is 17.7 Å². The van der Waals surface area contributed by atoms with Crippen molar-refractivity contribution in [3.63, 3.8) is 0 Å². The molecule has 1 aromatic heterocycles. The van der Waals surface area contributed by atoms with Crippen LogP contribution in [0.1, 0.15) is 27.6 Å². The first-order valence-corrected chi connectivity index (χ1v) is 5.28. The highest BCUT2D eigenvalue weighted by Gasteiger charge is 2.19. The van der Waals surface area contributed by atoms with E-state index in [1.165, 1.54) is 24.5 Å². The predicted octanol–water partition coefficient (Wildman–Crippen LogP) is 1.50. The smallest absolute Gasteiger partial charge is 0.339 e. The highest BCUT2D eigenvalue weighted by atomic mass is 16.5. The molecule has 2 rings (SSSR count). The summed E-state index contributed by atoms with van der Waals surface area (Å²) >= 11 is 0. The Labute approximate surface area is 102 Å². The number of carboxylic acids is 1. The summed E-state index contributed by atoms with van der Waals surface area (Å²) in [6.07, 6.45) is 2.93. The minimum absolute atomic E-state index is 0.0163. The van der Waals surface area contributed by atoms with Gasteiger partial charge in [0.1, 0.15) is 0 Å². The topological polar surface area (TPSA) is 89.4 Å². The van der Waals surface area contributed by atoms with E-state index in [1.807, 2.05) is 0 Å². The second-order valence-electron chi connectivity index (χ2n) is 3.47. The maximum atomic E-state index is 11.7. The van der Waals surface area contributed by atoms with Crippen LogP contribution < -0.4 is 0 Å². The quantitative estimate of drug-likeness (QED) is 0.825. The number of aromatic carboxylic acids is 1. The van der Waals surface area contributed by atoms with Crippen LogP contribution >= 0.6 is 0 Å². The minimum Gasteiger partial charge on any atom is -0.478 e. The number of esters is 1. The predicted molar refractivity (Wildman–Crippen MR) is 62.5 cm³/mol. The van der Waals surface area contributed by atoms with E-state index in [1.54, 1.807) is 6.92 Å². The molecule has 0 bridgehead atoms. The number of aromatic nitrogens is 2. The molecule has 0 atom stereocenters. The standard InChI is InChI=1S/C12H10N2O4/c1-2-18-12(17)8-6-10-9(13-3-4-14-10)5-7(8)11(15)16/h3-6H,2H2,1H3,(H,15,16). The lowest BCUT2D eigenvalue weighted by molar-refractivity contribution is 0.0515. The Bertz CT molecular complexity index is 625. The SMILES string of the molecule is CCOC(=O)c1cc2nccnc2cc1C(=O)O. The molecule has 0 amide bonds. The van der Waals surface area contributed by atoms with E-state index < -0.39 is 11.9 Å². The van der Waals surface area contributed by atoms with Crippen LogP contribution in [0.5, 0.6) is 0 Å². The number of carboxylic acid groups (broad SMARTS) is 1. The Morgan fingerprint density at radius 2 is 1.72 bits per heavy atom. The molecule has 0 aliphatic heterocycles. The van der Waals surface area contributed by atoms with Gasteiger partial charge in [0.2, 0.25) is 0 Å². The van der Waals surface area contributed by atoms with Gasteiger partial charge in [0.25, 0.3) is 0 Å². The van der Waals surface area contributed by atoms with Crippen molar-refractivity contribution < 1.29 is 19.4 Å². The number of fused-ring (bicyclic) bond motifs is 1. The van der Waals surface area contributed by atoms with Crippen LogP contribution in [0.15, 0.2) is 24.5 Å². The second kappa shape index (κ2) is 4.79. The van der Waals surface area contributed by atoms with E-state index in [0.717, 1.165) is 0 Å². The monoisotopic (exact) mass is 246 g/mol. The van der Waals surface area contributed by atoms with Gasteiger partial charge in [-0.3, -0.25) is 9.97 Å². The van der Waals surface area contributed by atoms with Crippen molar-refractivity contribution in [3.8, 4) is 0 Å². The fourth-order valence-corrected chi connectivity index (χ4v) is 1.57. The van der Waals surface area contributed by atoms with Crippen LogP contribution in [0.4, 0.5) is 0 Å². The average molecular weight is 246 g/mol. The van der Waals surface area contributed by atoms with Crippen molar-refractivity contribution in [1.29, 1.82) is 0 Å². The first kappa shape index (κ1) is 12.0. The van der Waals surface area contributed by atoms with Crippen molar-refractivity contribution in [2.45, 2.75) is 6.92 Å². The zero-order valence-corrected chi connectivity index (χ0v) is 9.58. The number of carbonyl (C=O) groups is 2. The first-order valence-electron chi connectivity index (χ1n) is 5.28. The number of benzene rings is 1. The molecule has 1 aromatic carbocycles. The average Bonchev–Trinajstić information content (AvgIpc) is 2.37. The van der Waals surface area contributed by atoms with Gasteiger partial charge in [-0.25, -0.2) is 9.59 Å². The van der Waals surface area contributed by atoms with Gasteiger partial charge in [0, 0.05) is 12.4 Å². The van der Waals surface area contributed by atoms with Crippen LogP contribution in [-0.4, -0.2) is 33.6 Å². The molecule has 0 fully saturated rings. The molecule has 6 heteroatoms. The molecule has 6 nitrogen and oxygen atoms in total. The third-order valence-corrected chi connectivity index (χ3v) is 2.33. The lowest BCUT2D eigenvalue weighted by Gasteiger charge is -2.06. The molecule has 0 unspecified atom stereocenters. The van der Waals surface area contributed by atoms with Gasteiger partial charge in [-0.2, -0.15) is 0 Å². The van der Waals surface area contributed by atoms with Gasteiger partial charge in [0.15, 0.2) is 0 Å². The molecule has 0 radical (unpaired) electrons. The molecular formula is C12H10N2O4. The zero-order chi connectivity index (χ0) is 13.1. The molecule has 18 heavy (non-hydrogen) atoms. The largest absolute Gasteiger partial charge is 0.478 e. The maximum absolute atomic E-state index is 11.7. The summed E-state index contributed by atoms with van der Waals surface area (Å²) in [7, 11) is 0. The van der Waals surface area contributed by atoms with Crippen LogP contribution in [0.25, 0.3) is 11.0 Å². The molecule has 92 valence electrons. The highest BCUT2D eigenvalue weighted by Crippen LogP contribution is 2.18. The van der Waals surface area contributed by atoms with Gasteiger partial charge in [0.05, 0.1) is 28.8 Å². The van der Waals surface area contributed by atoms with Crippen LogP contribution in [0.3, 0.4) is 0 Å². The van der Waals surface area contributed by atoms with E-state index >= 15 is 0 Å². The van der Waals surface area contributed by atoms with E-state index in [2.05, 4.69) is 9.97 Å². The zero-order valence-electron chi connectivity index (χ0n) is 9.58. The van der Waals surface area contributed by atoms with Crippen molar-refractivity contribution in [2.75, 3.05) is 6.61 Å². The van der Waals surface area contributed by atoms with Crippen LogP contribution in [0, 0.1) is 0 Å². The third-order valence-electron chi connectivity index (χ3n) is 2.33. The fourth-order valence-electron chi connectivity index (χ4n) is 1.57. The van der Waals surface area contributed by atoms with Crippen molar-refractivity contribution in [2.24, 2.45) is 0 Å². The first-order chi connectivity index (χ1) is 8.63. The molecular weight excluding hydrogens is 236 g/mol. The molecule has 0 aliphatic carbocycles. The number of hydrogen-bond donors (Lipinski definition) is 1. The Hall–Kier alpha value is -2.50. The van der Waals surface area contributed by atoms with Crippen molar-refractivity contribution in [1.82, 2.24) is 9.97 Å². The number of rotatable bonds is 3. The van der Waals surface area contributed by atoms with Crippen LogP contribution in [-0.2, 0) is 4.74 Å². The Morgan fingerprint density at radius 3 is 2.22 bits per heavy atom. The Balaban J connectivity index is 2.65. The summed E-state index contributed by atoms with van der Waals surface area (Å²) in [4.78, 5) is 30.8. The summed E-state index contributed by atoms with van der Waals surface area (Å²) in [6, 6.07) is 2.70. The fraction of sp³-hybridized carbons (Fsp3) is 0.167. The molecule has 1 N–H and O–H groups in total. The summed E-state index contributed by atoms with van der Waals surface area (Å²) in [5.74, 6) is -1.88. The number of carbonyl (C=O) groups excluding carboxylic acids is 1. The molecule has 1 heterocycles. The third kappa shape index (κ3) is 2.13. The van der Waals surface area contributed by atoms with Gasteiger partial charge >= 0.3 is 11.9 Å². The normalized spacial score (nSPS) is 10.3. The number of hydrogen-bond acceptors (Lipinski definition) is 5. The van der Waals surface area contributed by atoms with Gasteiger partial charge in [-0.05, 0) is 19.1 Å². The van der Waals surface area contributed by atoms with Crippen molar-refractivity contribution in [3.05, 3.63) is 35.7 Å². The summed E-state index contributed by atoms with van der Waals surface area (Å²) < 4.78 is 4.82. The van der Waals surface area contributed by atoms with Crippen molar-refractivity contribution >= 4 is 23.0 Å². The van der Waals surface area contributed by atoms with E-state index in [0.29, 0.717) is 11.0 Å². The number of ether oxygens (including phenoxy) is 1. The second-order valence-corrected chi connectivity index (χ2v) is 3.47. The highest BCUT2D eigenvalue weighted by molar-refractivity contribution is 6.05. The summed E-state index contributed by atoms with van der Waals surface area (Å²) in [5, 5.41) is 9.09. The maximum Gasteiger partial charge on any atom is 0.339 e. The summed E-state index contributed by atoms with van der Waals surface area (Å²) in [5.41, 5.74) is 0.715. The van der Waals surface area contributed by atoms with Gasteiger partial charge in [-0.15, -0.1) is 0 Å². The van der Waals surface area contributed by atoms with Gasteiger partial charge < -0.3 is 9.84 Å². The molecule has 0 spiro atoms. The lowest BCUT2D eigenvalue weighted by Crippen LogP contribution is -2.12. The molecule has 0 saturated carbocycles. The lowest BCUT2D eigenvalue weighted by atomic mass is 10.1. The Morgan fingerprint density at radius 1 is 1.17 bits per heavy atom. The molecule has 0 aliphatic rings.